The quantitative estimate of drug-likeness (QED) is 0.801. The van der Waals surface area contributed by atoms with Gasteiger partial charge in [-0.05, 0) is 17.7 Å². The highest BCUT2D eigenvalue weighted by Crippen LogP contribution is 2.22. The minimum atomic E-state index is -3.60. The second-order valence-corrected chi connectivity index (χ2v) is 5.81. The van der Waals surface area contributed by atoms with Crippen LogP contribution in [0.2, 0.25) is 0 Å². The van der Waals surface area contributed by atoms with Crippen LogP contribution < -0.4 is 0 Å². The average Bonchev–Trinajstić information content (AvgIpc) is 2.16. The van der Waals surface area contributed by atoms with Crippen LogP contribution in [0.25, 0.3) is 0 Å². The van der Waals surface area contributed by atoms with E-state index in [0.29, 0.717) is 0 Å². The summed E-state index contributed by atoms with van der Waals surface area (Å²) in [5.74, 6) is -0.568. The molecule has 2 atom stereocenters. The highest BCUT2D eigenvalue weighted by atomic mass is 32.2. The van der Waals surface area contributed by atoms with Gasteiger partial charge in [-0.15, -0.1) is 0 Å². The summed E-state index contributed by atoms with van der Waals surface area (Å²) in [5, 5.41) is 17.3. The fourth-order valence-electron chi connectivity index (χ4n) is 1.37. The predicted molar refractivity (Wildman–Crippen MR) is 57.1 cm³/mol. The van der Waals surface area contributed by atoms with E-state index in [0.717, 1.165) is 12.3 Å². The molecular weight excluding hydrogens is 235 g/mol. The van der Waals surface area contributed by atoms with E-state index in [1.165, 1.54) is 18.2 Å². The van der Waals surface area contributed by atoms with E-state index < -0.39 is 33.6 Å². The van der Waals surface area contributed by atoms with Crippen LogP contribution in [0.5, 0.6) is 0 Å². The Morgan fingerprint density at radius 3 is 2.50 bits per heavy atom. The van der Waals surface area contributed by atoms with Gasteiger partial charge in [0.15, 0.2) is 9.84 Å². The number of aliphatic hydroxyl groups excluding tert-OH is 2. The van der Waals surface area contributed by atoms with E-state index in [1.807, 2.05) is 0 Å². The van der Waals surface area contributed by atoms with Gasteiger partial charge in [-0.3, -0.25) is 0 Å². The molecule has 90 valence electrons. The summed E-state index contributed by atoms with van der Waals surface area (Å²) in [6, 6.07) is 5.00. The third-order valence-electron chi connectivity index (χ3n) is 2.27. The first kappa shape index (κ1) is 13.1. The van der Waals surface area contributed by atoms with E-state index in [-0.39, 0.29) is 5.56 Å². The summed E-state index contributed by atoms with van der Waals surface area (Å²) in [4.78, 5) is 0. The zero-order valence-corrected chi connectivity index (χ0v) is 9.48. The number of sulfone groups is 1. The molecule has 0 radical (unpaired) electrons. The summed E-state index contributed by atoms with van der Waals surface area (Å²) in [5.41, 5.74) is 0.129. The smallest absolute Gasteiger partial charge is 0.155 e. The number of halogens is 1. The summed E-state index contributed by atoms with van der Waals surface area (Å²) in [7, 11) is -3.60. The zero-order valence-electron chi connectivity index (χ0n) is 8.67. The Morgan fingerprint density at radius 1 is 1.44 bits per heavy atom. The van der Waals surface area contributed by atoms with Gasteiger partial charge in [0.1, 0.15) is 11.1 Å². The van der Waals surface area contributed by atoms with Crippen molar-refractivity contribution in [2.24, 2.45) is 0 Å². The van der Waals surface area contributed by atoms with Gasteiger partial charge < -0.3 is 10.2 Å². The SMILES string of the molecule is CS(=O)(=O)C(CO)C(O)c1cccc(F)c1. The van der Waals surface area contributed by atoms with Gasteiger partial charge in [0.25, 0.3) is 0 Å². The van der Waals surface area contributed by atoms with Crippen molar-refractivity contribution in [2.75, 3.05) is 12.9 Å². The molecule has 0 aliphatic carbocycles. The van der Waals surface area contributed by atoms with Crippen LogP contribution in [0, 0.1) is 5.82 Å². The number of hydrogen-bond donors (Lipinski definition) is 2. The maximum Gasteiger partial charge on any atom is 0.155 e. The predicted octanol–water partition coefficient (Wildman–Crippen LogP) is 0.265. The van der Waals surface area contributed by atoms with Crippen molar-refractivity contribution < 1.29 is 23.0 Å². The largest absolute Gasteiger partial charge is 0.395 e. The second-order valence-electron chi connectivity index (χ2n) is 3.55. The number of rotatable bonds is 4. The van der Waals surface area contributed by atoms with Gasteiger partial charge in [0.05, 0.1) is 12.7 Å². The molecule has 2 N–H and O–H groups in total. The Bertz CT molecular complexity index is 458. The first-order valence-corrected chi connectivity index (χ1v) is 6.55. The molecule has 0 bridgehead atoms. The maximum absolute atomic E-state index is 12.9. The van der Waals surface area contributed by atoms with Crippen molar-refractivity contribution in [1.29, 1.82) is 0 Å². The lowest BCUT2D eigenvalue weighted by Crippen LogP contribution is -2.31. The molecule has 0 heterocycles. The molecule has 1 rings (SSSR count). The molecule has 0 amide bonds. The maximum atomic E-state index is 12.9. The molecule has 16 heavy (non-hydrogen) atoms. The lowest BCUT2D eigenvalue weighted by Gasteiger charge is -2.19. The van der Waals surface area contributed by atoms with Crippen LogP contribution in [0.1, 0.15) is 11.7 Å². The molecule has 6 heteroatoms. The third-order valence-corrected chi connectivity index (χ3v) is 3.78. The van der Waals surface area contributed by atoms with Gasteiger partial charge >= 0.3 is 0 Å². The van der Waals surface area contributed by atoms with E-state index in [9.17, 15) is 17.9 Å². The van der Waals surface area contributed by atoms with Crippen molar-refractivity contribution in [2.45, 2.75) is 11.4 Å². The molecule has 0 fully saturated rings. The van der Waals surface area contributed by atoms with Crippen molar-refractivity contribution in [1.82, 2.24) is 0 Å². The van der Waals surface area contributed by atoms with Gasteiger partial charge in [-0.1, -0.05) is 12.1 Å². The average molecular weight is 248 g/mol. The van der Waals surface area contributed by atoms with Crippen molar-refractivity contribution in [3.63, 3.8) is 0 Å². The number of benzene rings is 1. The molecular formula is C10H13FO4S. The Kier molecular flexibility index (Phi) is 4.01. The Labute approximate surface area is 93.3 Å². The van der Waals surface area contributed by atoms with Crippen LogP contribution in [-0.4, -0.2) is 36.7 Å². The zero-order chi connectivity index (χ0) is 12.3. The Hall–Kier alpha value is -0.980. The molecule has 2 unspecified atom stereocenters. The molecule has 0 saturated carbocycles. The monoisotopic (exact) mass is 248 g/mol. The summed E-state index contributed by atoms with van der Waals surface area (Å²) in [6.45, 7) is -0.712. The van der Waals surface area contributed by atoms with Crippen LogP contribution in [-0.2, 0) is 9.84 Å². The highest BCUT2D eigenvalue weighted by Gasteiger charge is 2.29. The Morgan fingerprint density at radius 2 is 2.06 bits per heavy atom. The van der Waals surface area contributed by atoms with Crippen molar-refractivity contribution in [3.8, 4) is 0 Å². The topological polar surface area (TPSA) is 74.6 Å². The molecule has 4 nitrogen and oxygen atoms in total. The van der Waals surface area contributed by atoms with E-state index in [2.05, 4.69) is 0 Å². The lowest BCUT2D eigenvalue weighted by atomic mass is 10.1. The molecule has 0 saturated heterocycles. The first-order valence-electron chi connectivity index (χ1n) is 4.59. The summed E-state index contributed by atoms with van der Waals surface area (Å²) in [6.07, 6.45) is -0.521. The van der Waals surface area contributed by atoms with Crippen LogP contribution in [0.3, 0.4) is 0 Å². The highest BCUT2D eigenvalue weighted by molar-refractivity contribution is 7.91. The molecule has 0 aliphatic rings. The van der Waals surface area contributed by atoms with Crippen LogP contribution in [0.4, 0.5) is 4.39 Å². The number of aliphatic hydroxyl groups is 2. The van der Waals surface area contributed by atoms with Crippen molar-refractivity contribution >= 4 is 9.84 Å². The summed E-state index contributed by atoms with van der Waals surface area (Å²) < 4.78 is 35.4. The molecule has 1 aromatic rings. The van der Waals surface area contributed by atoms with Crippen LogP contribution in [0.15, 0.2) is 24.3 Å². The van der Waals surface area contributed by atoms with E-state index >= 15 is 0 Å². The van der Waals surface area contributed by atoms with E-state index in [1.54, 1.807) is 0 Å². The van der Waals surface area contributed by atoms with Crippen molar-refractivity contribution in [3.05, 3.63) is 35.6 Å². The number of hydrogen-bond acceptors (Lipinski definition) is 4. The van der Waals surface area contributed by atoms with Gasteiger partial charge in [-0.2, -0.15) is 0 Å². The molecule has 0 aromatic heterocycles. The molecule has 0 aliphatic heterocycles. The fraction of sp³-hybridized carbons (Fsp3) is 0.400. The van der Waals surface area contributed by atoms with Gasteiger partial charge in [-0.25, -0.2) is 12.8 Å². The normalized spacial score (nSPS) is 15.8. The standard InChI is InChI=1S/C10H13FO4S/c1-16(14,15)9(6-12)10(13)7-3-2-4-8(11)5-7/h2-5,9-10,12-13H,6H2,1H3. The van der Waals surface area contributed by atoms with Crippen LogP contribution >= 0.6 is 0 Å². The van der Waals surface area contributed by atoms with Gasteiger partial charge in [0.2, 0.25) is 0 Å². The minimum Gasteiger partial charge on any atom is -0.395 e. The van der Waals surface area contributed by atoms with Gasteiger partial charge in [0, 0.05) is 6.26 Å². The molecule has 0 spiro atoms. The first-order chi connectivity index (χ1) is 7.36. The summed E-state index contributed by atoms with van der Waals surface area (Å²) >= 11 is 0. The second kappa shape index (κ2) is 4.90. The third kappa shape index (κ3) is 3.01. The fourth-order valence-corrected chi connectivity index (χ4v) is 2.27. The Balaban J connectivity index is 3.05. The van der Waals surface area contributed by atoms with E-state index in [4.69, 9.17) is 5.11 Å². The molecule has 1 aromatic carbocycles. The minimum absolute atomic E-state index is 0.129. The lowest BCUT2D eigenvalue weighted by molar-refractivity contribution is 0.138.